The van der Waals surface area contributed by atoms with Gasteiger partial charge in [-0.3, -0.25) is 13.7 Å². The lowest BCUT2D eigenvalue weighted by molar-refractivity contribution is -0.211. The lowest BCUT2D eigenvalue weighted by Gasteiger charge is -2.25. The standard InChI is InChI=1S/C10H15ClN5O12P3/c11-10-15-7-8(12)13-3-14-9(7)16(10)6-1-4(17)5(26-6)2-25-30(21,22)28-31(23,24)27-29(18,19)20/h3-6,17H,1-2H2,(H,21,22)(H,23,24)(H2,12,13,14)(H2,18,19,20)/p-1. The Morgan fingerprint density at radius 1 is 1.29 bits per heavy atom. The molecule has 174 valence electrons. The molecule has 0 saturated carbocycles. The van der Waals surface area contributed by atoms with Crippen LogP contribution in [0.25, 0.3) is 11.2 Å². The number of ether oxygens (including phenoxy) is 1. The minimum atomic E-state index is -5.91. The fraction of sp³-hybridized carbons (Fsp3) is 0.500. The van der Waals surface area contributed by atoms with Crippen LogP contribution in [0.1, 0.15) is 12.6 Å². The SMILES string of the molecule is Nc1ncnc2c1nc(Cl)n2C1CC(O)C(COP(=O)(O)OP(=O)([O-])OP(=O)(O)O)O1. The third kappa shape index (κ3) is 6.06. The molecular weight excluding hydrogens is 511 g/mol. The first-order valence-electron chi connectivity index (χ1n) is 7.91. The van der Waals surface area contributed by atoms with Crippen molar-refractivity contribution in [1.29, 1.82) is 0 Å². The summed E-state index contributed by atoms with van der Waals surface area (Å²) in [4.78, 5) is 49.4. The largest absolute Gasteiger partial charge is 0.756 e. The molecule has 1 saturated heterocycles. The number of hydrogen-bond donors (Lipinski definition) is 5. The zero-order chi connectivity index (χ0) is 23.2. The summed E-state index contributed by atoms with van der Waals surface area (Å²) in [7, 11) is -16.9. The summed E-state index contributed by atoms with van der Waals surface area (Å²) in [6.07, 6.45) is -2.45. The number of aliphatic hydroxyl groups is 1. The monoisotopic (exact) mass is 524 g/mol. The van der Waals surface area contributed by atoms with Crippen molar-refractivity contribution < 1.29 is 56.3 Å². The summed E-state index contributed by atoms with van der Waals surface area (Å²) in [5.74, 6) is 0.0435. The zero-order valence-corrected chi connectivity index (χ0v) is 18.3. The average molecular weight is 525 g/mol. The third-order valence-electron chi connectivity index (χ3n) is 3.77. The van der Waals surface area contributed by atoms with Crippen LogP contribution in [0.4, 0.5) is 5.82 Å². The Kier molecular flexibility index (Phi) is 6.93. The molecule has 5 unspecified atom stereocenters. The number of nitrogens with two attached hydrogens (primary N) is 1. The van der Waals surface area contributed by atoms with Crippen molar-refractivity contribution >= 4 is 52.1 Å². The fourth-order valence-corrected chi connectivity index (χ4v) is 5.88. The number of anilines is 1. The Hall–Kier alpha value is -1.03. The summed E-state index contributed by atoms with van der Waals surface area (Å²) in [5, 5.41) is 10.1. The summed E-state index contributed by atoms with van der Waals surface area (Å²) in [5.41, 5.74) is 6.06. The Bertz CT molecular complexity index is 1120. The second kappa shape index (κ2) is 8.72. The van der Waals surface area contributed by atoms with Crippen LogP contribution >= 0.6 is 35.1 Å². The highest BCUT2D eigenvalue weighted by Crippen LogP contribution is 2.64. The van der Waals surface area contributed by atoms with Crippen molar-refractivity contribution in [3.05, 3.63) is 11.6 Å². The van der Waals surface area contributed by atoms with Crippen molar-refractivity contribution in [3.63, 3.8) is 0 Å². The topological polar surface area (TPSA) is 262 Å². The minimum Gasteiger partial charge on any atom is -0.756 e. The van der Waals surface area contributed by atoms with Gasteiger partial charge in [0.15, 0.2) is 17.0 Å². The molecule has 3 rings (SSSR count). The van der Waals surface area contributed by atoms with E-state index in [9.17, 15) is 28.6 Å². The molecule has 0 radical (unpaired) electrons. The van der Waals surface area contributed by atoms with E-state index >= 15 is 0 Å². The molecule has 0 bridgehead atoms. The number of nitrogen functional groups attached to an aromatic ring is 1. The maximum absolute atomic E-state index is 11.8. The highest BCUT2D eigenvalue weighted by atomic mass is 35.5. The summed E-state index contributed by atoms with van der Waals surface area (Å²) in [6, 6.07) is 0. The zero-order valence-electron chi connectivity index (χ0n) is 14.9. The van der Waals surface area contributed by atoms with Crippen molar-refractivity contribution in [2.24, 2.45) is 0 Å². The maximum Gasteiger partial charge on any atom is 0.478 e. The van der Waals surface area contributed by atoms with Gasteiger partial charge in [-0.15, -0.1) is 0 Å². The minimum absolute atomic E-state index is 0.0435. The van der Waals surface area contributed by atoms with Crippen LogP contribution in [0.15, 0.2) is 6.33 Å². The van der Waals surface area contributed by atoms with Gasteiger partial charge in [-0.1, -0.05) is 0 Å². The third-order valence-corrected chi connectivity index (χ3v) is 7.78. The van der Waals surface area contributed by atoms with Crippen LogP contribution in [0, 0.1) is 0 Å². The molecule has 0 amide bonds. The van der Waals surface area contributed by atoms with Crippen LogP contribution in [-0.4, -0.2) is 58.1 Å². The molecule has 31 heavy (non-hydrogen) atoms. The van der Waals surface area contributed by atoms with Crippen LogP contribution in [0.5, 0.6) is 0 Å². The molecule has 2 aromatic rings. The number of fused-ring (bicyclic) bond motifs is 1. The molecule has 1 aliphatic heterocycles. The van der Waals surface area contributed by atoms with E-state index in [0.717, 1.165) is 6.33 Å². The van der Waals surface area contributed by atoms with Crippen molar-refractivity contribution in [3.8, 4) is 0 Å². The molecule has 0 aromatic carbocycles. The second-order valence-electron chi connectivity index (χ2n) is 5.98. The fourth-order valence-electron chi connectivity index (χ4n) is 2.64. The Morgan fingerprint density at radius 2 is 1.97 bits per heavy atom. The number of hydrogen-bond acceptors (Lipinski definition) is 13. The molecule has 0 spiro atoms. The van der Waals surface area contributed by atoms with E-state index in [-0.39, 0.29) is 28.7 Å². The molecule has 5 atom stereocenters. The molecule has 21 heteroatoms. The molecular formula is C10H14ClN5O12P3-. The number of phosphoric acid groups is 3. The molecule has 3 heterocycles. The number of nitrogens with zero attached hydrogens (tertiary/aromatic N) is 4. The van der Waals surface area contributed by atoms with Crippen molar-refractivity contribution in [2.75, 3.05) is 12.3 Å². The van der Waals surface area contributed by atoms with Gasteiger partial charge in [0, 0.05) is 6.42 Å². The number of aliphatic hydroxyl groups excluding tert-OH is 1. The Labute approximate surface area is 177 Å². The Morgan fingerprint density at radius 3 is 2.61 bits per heavy atom. The van der Waals surface area contributed by atoms with Gasteiger partial charge in [0.1, 0.15) is 18.7 Å². The van der Waals surface area contributed by atoms with E-state index in [0.29, 0.717) is 0 Å². The van der Waals surface area contributed by atoms with Gasteiger partial charge in [0.25, 0.3) is 7.82 Å². The predicted octanol–water partition coefficient (Wildman–Crippen LogP) is -0.578. The quantitative estimate of drug-likeness (QED) is 0.213. The van der Waals surface area contributed by atoms with Gasteiger partial charge in [-0.2, -0.15) is 0 Å². The van der Waals surface area contributed by atoms with Gasteiger partial charge < -0.3 is 35.2 Å². The van der Waals surface area contributed by atoms with E-state index < -0.39 is 48.5 Å². The lowest BCUT2D eigenvalue weighted by atomic mass is 10.2. The predicted molar refractivity (Wildman–Crippen MR) is 96.9 cm³/mol. The highest BCUT2D eigenvalue weighted by molar-refractivity contribution is 7.65. The lowest BCUT2D eigenvalue weighted by Crippen LogP contribution is -2.26. The molecule has 1 aliphatic rings. The van der Waals surface area contributed by atoms with Crippen molar-refractivity contribution in [2.45, 2.75) is 24.9 Å². The number of phosphoric ester groups is 1. The van der Waals surface area contributed by atoms with Crippen LogP contribution in [0.3, 0.4) is 0 Å². The van der Waals surface area contributed by atoms with E-state index in [4.69, 9.17) is 31.9 Å². The van der Waals surface area contributed by atoms with Gasteiger partial charge in [0.05, 0.1) is 12.7 Å². The van der Waals surface area contributed by atoms with E-state index in [1.165, 1.54) is 4.57 Å². The highest BCUT2D eigenvalue weighted by Gasteiger charge is 2.40. The van der Waals surface area contributed by atoms with Gasteiger partial charge in [0.2, 0.25) is 5.28 Å². The number of aromatic nitrogens is 4. The van der Waals surface area contributed by atoms with Gasteiger partial charge in [-0.05, 0) is 11.6 Å². The van der Waals surface area contributed by atoms with E-state index in [1.807, 2.05) is 0 Å². The van der Waals surface area contributed by atoms with Gasteiger partial charge >= 0.3 is 15.6 Å². The van der Waals surface area contributed by atoms with E-state index in [1.54, 1.807) is 0 Å². The molecule has 17 nitrogen and oxygen atoms in total. The molecule has 2 aromatic heterocycles. The first-order chi connectivity index (χ1) is 14.2. The Balaban J connectivity index is 1.68. The maximum atomic E-state index is 11.8. The molecule has 6 N–H and O–H groups in total. The number of rotatable bonds is 8. The van der Waals surface area contributed by atoms with Crippen LogP contribution in [0.2, 0.25) is 5.28 Å². The number of imidazole rings is 1. The summed E-state index contributed by atoms with van der Waals surface area (Å²) in [6.45, 7) is -0.858. The first-order valence-corrected chi connectivity index (χ1v) is 12.8. The van der Waals surface area contributed by atoms with E-state index in [2.05, 4.69) is 28.1 Å². The van der Waals surface area contributed by atoms with Crippen molar-refractivity contribution in [1.82, 2.24) is 19.5 Å². The number of halogens is 1. The molecule has 1 fully saturated rings. The van der Waals surface area contributed by atoms with Crippen LogP contribution < -0.4 is 10.6 Å². The summed E-state index contributed by atoms with van der Waals surface area (Å²) >= 11 is 6.08. The molecule has 0 aliphatic carbocycles. The average Bonchev–Trinajstić information content (AvgIpc) is 3.09. The first kappa shape index (κ1) is 24.6. The van der Waals surface area contributed by atoms with Crippen LogP contribution in [-0.2, 0) is 31.6 Å². The van der Waals surface area contributed by atoms with Gasteiger partial charge in [-0.25, -0.2) is 32.7 Å². The smallest absolute Gasteiger partial charge is 0.478 e. The second-order valence-corrected chi connectivity index (χ2v) is 10.7. The normalized spacial score (nSPS) is 26.1. The summed E-state index contributed by atoms with van der Waals surface area (Å²) < 4.78 is 51.8.